The van der Waals surface area contributed by atoms with Crippen molar-refractivity contribution >= 4 is 47.0 Å². The number of rotatable bonds is 6. The summed E-state index contributed by atoms with van der Waals surface area (Å²) in [5, 5.41) is 4.27. The molecule has 1 amide bonds. The maximum atomic E-state index is 13.4. The normalized spacial score (nSPS) is 14.9. The third kappa shape index (κ3) is 3.70. The maximum Gasteiger partial charge on any atom is 0.363 e. The van der Waals surface area contributed by atoms with E-state index in [0.717, 1.165) is 16.5 Å². The summed E-state index contributed by atoms with van der Waals surface area (Å²) in [6, 6.07) is 15.3. The van der Waals surface area contributed by atoms with Gasteiger partial charge in [-0.05, 0) is 56.7 Å². The van der Waals surface area contributed by atoms with Gasteiger partial charge in [0.05, 0.1) is 41.0 Å². The number of hydrogen-bond donors (Lipinski definition) is 1. The van der Waals surface area contributed by atoms with E-state index in [-0.39, 0.29) is 19.1 Å². The molecule has 0 radical (unpaired) electrons. The van der Waals surface area contributed by atoms with Crippen molar-refractivity contribution in [3.05, 3.63) is 65.4 Å². The number of nitrogens with zero attached hydrogens (tertiary/aromatic N) is 1. The fourth-order valence-corrected chi connectivity index (χ4v) is 5.44. The number of pyridine rings is 1. The lowest BCUT2D eigenvalue weighted by atomic mass is 10.0. The minimum Gasteiger partial charge on any atom is -0.321 e. The number of aryl methyl sites for hydroxylation is 1. The fraction of sp³-hybridized carbons (Fsp3) is 0.217. The third-order valence-corrected chi connectivity index (χ3v) is 6.98. The SMILES string of the molecule is CCOP(=O)(OCC)c1cc(C)cc2c1NC(=O)C2=Cc1ccc2ccccc2n1. The van der Waals surface area contributed by atoms with E-state index < -0.39 is 7.60 Å². The first kappa shape index (κ1) is 20.5. The lowest BCUT2D eigenvalue weighted by Gasteiger charge is -2.20. The topological polar surface area (TPSA) is 77.5 Å². The van der Waals surface area contributed by atoms with Crippen molar-refractivity contribution in [2.24, 2.45) is 0 Å². The summed E-state index contributed by atoms with van der Waals surface area (Å²) in [5.74, 6) is -0.272. The highest BCUT2D eigenvalue weighted by Crippen LogP contribution is 2.51. The molecule has 0 spiro atoms. The number of anilines is 1. The number of aromatic nitrogens is 1. The summed E-state index contributed by atoms with van der Waals surface area (Å²) in [6.07, 6.45) is 1.75. The van der Waals surface area contributed by atoms with Crippen LogP contribution in [0.1, 0.15) is 30.7 Å². The van der Waals surface area contributed by atoms with Crippen LogP contribution < -0.4 is 10.6 Å². The van der Waals surface area contributed by atoms with E-state index in [1.807, 2.05) is 49.4 Å². The van der Waals surface area contributed by atoms with Crippen LogP contribution in [0.5, 0.6) is 0 Å². The molecule has 0 saturated heterocycles. The molecule has 30 heavy (non-hydrogen) atoms. The Kier molecular flexibility index (Phi) is 5.56. The second-order valence-electron chi connectivity index (χ2n) is 6.98. The second kappa shape index (κ2) is 8.15. The average molecular weight is 422 g/mol. The molecular weight excluding hydrogens is 399 g/mol. The lowest BCUT2D eigenvalue weighted by molar-refractivity contribution is -0.110. The molecule has 3 aromatic rings. The molecule has 1 aliphatic rings. The molecule has 7 heteroatoms. The van der Waals surface area contributed by atoms with Crippen LogP contribution in [0.3, 0.4) is 0 Å². The van der Waals surface area contributed by atoms with E-state index in [9.17, 15) is 9.36 Å². The zero-order valence-corrected chi connectivity index (χ0v) is 18.0. The Bertz CT molecular complexity index is 1210. The zero-order chi connectivity index (χ0) is 21.3. The van der Waals surface area contributed by atoms with Gasteiger partial charge in [-0.3, -0.25) is 9.36 Å². The van der Waals surface area contributed by atoms with Crippen molar-refractivity contribution in [2.45, 2.75) is 20.8 Å². The molecular formula is C23H23N2O4P. The monoisotopic (exact) mass is 422 g/mol. The van der Waals surface area contributed by atoms with E-state index >= 15 is 0 Å². The Hall–Kier alpha value is -2.79. The average Bonchev–Trinajstić information content (AvgIpc) is 3.03. The van der Waals surface area contributed by atoms with Crippen molar-refractivity contribution in [2.75, 3.05) is 18.5 Å². The van der Waals surface area contributed by atoms with Gasteiger partial charge in [0.15, 0.2) is 0 Å². The Morgan fingerprint density at radius 3 is 2.53 bits per heavy atom. The van der Waals surface area contributed by atoms with Crippen LogP contribution >= 0.6 is 7.60 Å². The first-order valence-electron chi connectivity index (χ1n) is 9.88. The highest BCUT2D eigenvalue weighted by Gasteiger charge is 2.36. The number of carbonyl (C=O) groups is 1. The number of hydrogen-bond acceptors (Lipinski definition) is 5. The molecule has 0 atom stereocenters. The van der Waals surface area contributed by atoms with E-state index in [1.165, 1.54) is 0 Å². The summed E-state index contributed by atoms with van der Waals surface area (Å²) >= 11 is 0. The number of para-hydroxylation sites is 1. The van der Waals surface area contributed by atoms with Crippen molar-refractivity contribution in [3.8, 4) is 0 Å². The second-order valence-corrected chi connectivity index (χ2v) is 8.97. The molecule has 154 valence electrons. The van der Waals surface area contributed by atoms with Crippen LogP contribution in [0.25, 0.3) is 22.6 Å². The van der Waals surface area contributed by atoms with Crippen LogP contribution in [0.15, 0.2) is 48.5 Å². The van der Waals surface area contributed by atoms with E-state index in [2.05, 4.69) is 10.3 Å². The fourth-order valence-electron chi connectivity index (χ4n) is 3.60. The lowest BCUT2D eigenvalue weighted by Crippen LogP contribution is -2.16. The predicted octanol–water partition coefficient (Wildman–Crippen LogP) is 4.93. The Morgan fingerprint density at radius 1 is 1.07 bits per heavy atom. The molecule has 1 N–H and O–H groups in total. The molecule has 2 heterocycles. The van der Waals surface area contributed by atoms with E-state index in [0.29, 0.717) is 27.8 Å². The van der Waals surface area contributed by atoms with E-state index in [1.54, 1.807) is 26.0 Å². The van der Waals surface area contributed by atoms with Crippen molar-refractivity contribution in [1.29, 1.82) is 0 Å². The molecule has 4 rings (SSSR count). The zero-order valence-electron chi connectivity index (χ0n) is 17.1. The molecule has 2 aromatic carbocycles. The molecule has 0 saturated carbocycles. The van der Waals surface area contributed by atoms with Crippen molar-refractivity contribution in [3.63, 3.8) is 0 Å². The summed E-state index contributed by atoms with van der Waals surface area (Å²) < 4.78 is 24.5. The minimum absolute atomic E-state index is 0.234. The molecule has 0 fully saturated rings. The largest absolute Gasteiger partial charge is 0.363 e. The van der Waals surface area contributed by atoms with Gasteiger partial charge < -0.3 is 14.4 Å². The van der Waals surface area contributed by atoms with Crippen molar-refractivity contribution < 1.29 is 18.4 Å². The quantitative estimate of drug-likeness (QED) is 0.450. The van der Waals surface area contributed by atoms with Crippen LogP contribution in [-0.4, -0.2) is 24.1 Å². The maximum absolute atomic E-state index is 13.4. The van der Waals surface area contributed by atoms with Gasteiger partial charge >= 0.3 is 7.60 Å². The van der Waals surface area contributed by atoms with Gasteiger partial charge in [-0.15, -0.1) is 0 Å². The Balaban J connectivity index is 1.85. The first-order valence-corrected chi connectivity index (χ1v) is 11.4. The molecule has 0 unspecified atom stereocenters. The van der Waals surface area contributed by atoms with Gasteiger partial charge in [0.2, 0.25) is 0 Å². The highest BCUT2D eigenvalue weighted by atomic mass is 31.2. The van der Waals surface area contributed by atoms with Crippen LogP contribution in [0, 0.1) is 6.92 Å². The summed E-state index contributed by atoms with van der Waals surface area (Å²) in [5.41, 5.74) is 4.00. The van der Waals surface area contributed by atoms with Gasteiger partial charge in [-0.2, -0.15) is 0 Å². The van der Waals surface area contributed by atoms with Gasteiger partial charge in [0, 0.05) is 10.9 Å². The Morgan fingerprint density at radius 2 is 1.80 bits per heavy atom. The van der Waals surface area contributed by atoms with Crippen molar-refractivity contribution in [1.82, 2.24) is 4.98 Å². The molecule has 0 aliphatic carbocycles. The Labute approximate surface area is 175 Å². The van der Waals surface area contributed by atoms with Gasteiger partial charge in [0.1, 0.15) is 0 Å². The van der Waals surface area contributed by atoms with Crippen LogP contribution in [0.4, 0.5) is 5.69 Å². The smallest absolute Gasteiger partial charge is 0.321 e. The van der Waals surface area contributed by atoms with Crippen LogP contribution in [-0.2, 0) is 18.4 Å². The first-order chi connectivity index (χ1) is 14.4. The standard InChI is InChI=1S/C23H23N2O4P/c1-4-28-30(27,29-5-2)21-13-15(3)12-18-19(23(26)25-22(18)21)14-17-11-10-16-8-6-7-9-20(16)24-17/h6-14H,4-5H2,1-3H3,(H,25,26). The number of carbonyl (C=O) groups excluding carboxylic acids is 1. The highest BCUT2D eigenvalue weighted by molar-refractivity contribution is 7.62. The molecule has 1 aliphatic heterocycles. The third-order valence-electron chi connectivity index (χ3n) is 4.84. The number of amides is 1. The minimum atomic E-state index is -3.57. The van der Waals surface area contributed by atoms with Crippen LogP contribution in [0.2, 0.25) is 0 Å². The van der Waals surface area contributed by atoms with Gasteiger partial charge in [-0.25, -0.2) is 4.98 Å². The molecule has 0 bridgehead atoms. The van der Waals surface area contributed by atoms with Gasteiger partial charge in [-0.1, -0.05) is 24.3 Å². The van der Waals surface area contributed by atoms with E-state index in [4.69, 9.17) is 9.05 Å². The summed E-state index contributed by atoms with van der Waals surface area (Å²) in [7, 11) is -3.57. The molecule has 6 nitrogen and oxygen atoms in total. The number of fused-ring (bicyclic) bond motifs is 2. The number of nitrogens with one attached hydrogen (secondary N) is 1. The molecule has 1 aromatic heterocycles. The van der Waals surface area contributed by atoms with Gasteiger partial charge in [0.25, 0.3) is 5.91 Å². The summed E-state index contributed by atoms with van der Waals surface area (Å²) in [4.78, 5) is 17.5. The number of benzene rings is 2. The predicted molar refractivity (Wildman–Crippen MR) is 120 cm³/mol. The summed E-state index contributed by atoms with van der Waals surface area (Å²) in [6.45, 7) is 5.88.